The summed E-state index contributed by atoms with van der Waals surface area (Å²) >= 11 is 0. The highest BCUT2D eigenvalue weighted by Crippen LogP contribution is 2.38. The predicted molar refractivity (Wildman–Crippen MR) is 73.7 cm³/mol. The molecule has 0 radical (unpaired) electrons. The standard InChI is InChI=1S/C13H23NO4S/c1-7-8-9-10(18-13(5,6)17-9)11(16-8)14-19(15)12(2,3)4/h7-11,14H,1H2,2-6H3/t8-,9-,10-,11-,19-/m0/s1. The summed E-state index contributed by atoms with van der Waals surface area (Å²) in [6.45, 7) is 13.2. The summed E-state index contributed by atoms with van der Waals surface area (Å²) in [4.78, 5) is 0. The van der Waals surface area contributed by atoms with Gasteiger partial charge in [0.15, 0.2) is 5.79 Å². The van der Waals surface area contributed by atoms with Crippen LogP contribution in [0.1, 0.15) is 34.6 Å². The molecule has 110 valence electrons. The second-order valence-corrected chi connectivity index (χ2v) is 8.32. The van der Waals surface area contributed by atoms with Crippen LogP contribution in [0.4, 0.5) is 0 Å². The summed E-state index contributed by atoms with van der Waals surface area (Å²) in [5.41, 5.74) is 0. The lowest BCUT2D eigenvalue weighted by atomic mass is 10.1. The Morgan fingerprint density at radius 2 is 1.84 bits per heavy atom. The third kappa shape index (κ3) is 3.08. The van der Waals surface area contributed by atoms with Crippen molar-refractivity contribution in [3.05, 3.63) is 12.7 Å². The molecule has 0 aromatic heterocycles. The Bertz CT molecular complexity index is 391. The van der Waals surface area contributed by atoms with Crippen LogP contribution in [0.15, 0.2) is 12.7 Å². The minimum atomic E-state index is -1.22. The van der Waals surface area contributed by atoms with Crippen molar-refractivity contribution in [1.82, 2.24) is 4.72 Å². The molecule has 1 N–H and O–H groups in total. The van der Waals surface area contributed by atoms with Crippen LogP contribution in [0, 0.1) is 0 Å². The lowest BCUT2D eigenvalue weighted by Crippen LogP contribution is -2.46. The molecule has 0 aromatic carbocycles. The van der Waals surface area contributed by atoms with E-state index in [2.05, 4.69) is 11.3 Å². The normalized spacial score (nSPS) is 39.0. The lowest BCUT2D eigenvalue weighted by Gasteiger charge is -2.26. The zero-order valence-electron chi connectivity index (χ0n) is 12.1. The molecule has 0 bridgehead atoms. The molecule has 5 atom stereocenters. The van der Waals surface area contributed by atoms with Gasteiger partial charge in [0.1, 0.15) is 24.5 Å². The van der Waals surface area contributed by atoms with Crippen molar-refractivity contribution in [3.63, 3.8) is 0 Å². The molecule has 5 nitrogen and oxygen atoms in total. The minimum Gasteiger partial charge on any atom is -0.349 e. The van der Waals surface area contributed by atoms with Gasteiger partial charge in [-0.1, -0.05) is 6.08 Å². The van der Waals surface area contributed by atoms with Gasteiger partial charge in [-0.05, 0) is 34.6 Å². The Kier molecular flexibility index (Phi) is 3.92. The van der Waals surface area contributed by atoms with Gasteiger partial charge >= 0.3 is 0 Å². The Morgan fingerprint density at radius 1 is 1.26 bits per heavy atom. The monoisotopic (exact) mass is 289 g/mol. The van der Waals surface area contributed by atoms with Crippen molar-refractivity contribution in [2.75, 3.05) is 0 Å². The average molecular weight is 289 g/mol. The van der Waals surface area contributed by atoms with Crippen LogP contribution in [0.3, 0.4) is 0 Å². The molecule has 0 amide bonds. The van der Waals surface area contributed by atoms with E-state index in [4.69, 9.17) is 14.2 Å². The van der Waals surface area contributed by atoms with E-state index < -0.39 is 23.0 Å². The lowest BCUT2D eigenvalue weighted by molar-refractivity contribution is -0.183. The summed E-state index contributed by atoms with van der Waals surface area (Å²) in [7, 11) is -1.22. The van der Waals surface area contributed by atoms with Crippen LogP contribution in [-0.4, -0.2) is 39.3 Å². The number of rotatable bonds is 3. The SMILES string of the molecule is C=C[C@@H]1O[C@H](N[S@@](=O)C(C)(C)C)[C@H]2OC(C)(C)O[C@H]21. The highest BCUT2D eigenvalue weighted by Gasteiger charge is 2.54. The van der Waals surface area contributed by atoms with E-state index in [0.29, 0.717) is 0 Å². The van der Waals surface area contributed by atoms with Crippen molar-refractivity contribution in [2.45, 2.75) is 69.7 Å². The third-order valence-electron chi connectivity index (χ3n) is 3.10. The topological polar surface area (TPSA) is 56.8 Å². The number of nitrogens with one attached hydrogen (secondary N) is 1. The molecular formula is C13H23NO4S. The van der Waals surface area contributed by atoms with Gasteiger partial charge in [-0.3, -0.25) is 0 Å². The molecule has 2 saturated heterocycles. The molecule has 2 aliphatic rings. The van der Waals surface area contributed by atoms with Crippen molar-refractivity contribution in [1.29, 1.82) is 0 Å². The maximum atomic E-state index is 12.2. The average Bonchev–Trinajstić information content (AvgIpc) is 2.72. The van der Waals surface area contributed by atoms with Crippen molar-refractivity contribution in [2.24, 2.45) is 0 Å². The summed E-state index contributed by atoms with van der Waals surface area (Å²) in [6.07, 6.45) is 0.520. The van der Waals surface area contributed by atoms with Gasteiger partial charge in [-0.25, -0.2) is 8.93 Å². The predicted octanol–water partition coefficient (Wildman–Crippen LogP) is 1.47. The maximum Gasteiger partial charge on any atom is 0.164 e. The van der Waals surface area contributed by atoms with Gasteiger partial charge in [0.2, 0.25) is 0 Å². The molecule has 0 unspecified atom stereocenters. The first kappa shape index (κ1) is 15.1. The van der Waals surface area contributed by atoms with E-state index in [1.807, 2.05) is 34.6 Å². The summed E-state index contributed by atoms with van der Waals surface area (Å²) in [5, 5.41) is 0. The quantitative estimate of drug-likeness (QED) is 0.799. The van der Waals surface area contributed by atoms with Crippen LogP contribution in [-0.2, 0) is 25.2 Å². The van der Waals surface area contributed by atoms with Crippen molar-refractivity contribution >= 4 is 11.0 Å². The van der Waals surface area contributed by atoms with Gasteiger partial charge in [-0.15, -0.1) is 6.58 Å². The van der Waals surface area contributed by atoms with Gasteiger partial charge in [-0.2, -0.15) is 0 Å². The van der Waals surface area contributed by atoms with Crippen LogP contribution in [0.25, 0.3) is 0 Å². The molecule has 0 saturated carbocycles. The van der Waals surface area contributed by atoms with E-state index in [-0.39, 0.29) is 23.1 Å². The second kappa shape index (κ2) is 4.93. The van der Waals surface area contributed by atoms with E-state index in [1.165, 1.54) is 0 Å². The Balaban J connectivity index is 2.11. The third-order valence-corrected chi connectivity index (χ3v) is 4.66. The fraction of sp³-hybridized carbons (Fsp3) is 0.846. The van der Waals surface area contributed by atoms with Crippen molar-refractivity contribution in [3.8, 4) is 0 Å². The van der Waals surface area contributed by atoms with Gasteiger partial charge in [0.25, 0.3) is 0 Å². The summed E-state index contributed by atoms with van der Waals surface area (Å²) in [5.74, 6) is -0.649. The Labute approximate surface area is 117 Å². The first-order valence-electron chi connectivity index (χ1n) is 6.46. The van der Waals surface area contributed by atoms with Gasteiger partial charge < -0.3 is 14.2 Å². The van der Waals surface area contributed by atoms with E-state index >= 15 is 0 Å². The highest BCUT2D eigenvalue weighted by molar-refractivity contribution is 7.84. The molecular weight excluding hydrogens is 266 g/mol. The minimum absolute atomic E-state index is 0.207. The maximum absolute atomic E-state index is 12.2. The summed E-state index contributed by atoms with van der Waals surface area (Å²) in [6, 6.07) is 0. The number of ether oxygens (including phenoxy) is 3. The fourth-order valence-corrected chi connectivity index (χ4v) is 2.95. The molecule has 2 rings (SSSR count). The highest BCUT2D eigenvalue weighted by atomic mass is 32.2. The Hall–Kier alpha value is -0.270. The zero-order chi connectivity index (χ0) is 14.4. The largest absolute Gasteiger partial charge is 0.349 e. The van der Waals surface area contributed by atoms with Crippen molar-refractivity contribution < 1.29 is 18.4 Å². The molecule has 2 heterocycles. The van der Waals surface area contributed by atoms with E-state index in [1.54, 1.807) is 6.08 Å². The van der Waals surface area contributed by atoms with E-state index in [0.717, 1.165) is 0 Å². The number of fused-ring (bicyclic) bond motifs is 1. The molecule has 6 heteroatoms. The second-order valence-electron chi connectivity index (χ2n) is 6.32. The van der Waals surface area contributed by atoms with Gasteiger partial charge in [0.05, 0.1) is 15.7 Å². The van der Waals surface area contributed by atoms with Crippen LogP contribution in [0.5, 0.6) is 0 Å². The molecule has 2 aliphatic heterocycles. The van der Waals surface area contributed by atoms with Crippen LogP contribution in [0.2, 0.25) is 0 Å². The number of hydrogen-bond acceptors (Lipinski definition) is 4. The molecule has 0 aliphatic carbocycles. The smallest absolute Gasteiger partial charge is 0.164 e. The molecule has 2 fully saturated rings. The molecule has 19 heavy (non-hydrogen) atoms. The first-order valence-corrected chi connectivity index (χ1v) is 7.61. The fourth-order valence-electron chi connectivity index (χ4n) is 2.20. The first-order chi connectivity index (χ1) is 8.64. The van der Waals surface area contributed by atoms with Gasteiger partial charge in [0, 0.05) is 0 Å². The van der Waals surface area contributed by atoms with Crippen LogP contribution >= 0.6 is 0 Å². The molecule has 0 spiro atoms. The van der Waals surface area contributed by atoms with Crippen LogP contribution < -0.4 is 4.72 Å². The summed E-state index contributed by atoms with van der Waals surface area (Å²) < 4.78 is 32.2. The number of hydrogen-bond donors (Lipinski definition) is 1. The zero-order valence-corrected chi connectivity index (χ0v) is 13.0. The molecule has 0 aromatic rings. The Morgan fingerprint density at radius 3 is 2.37 bits per heavy atom. The van der Waals surface area contributed by atoms with E-state index in [9.17, 15) is 4.21 Å².